The zero-order valence-electron chi connectivity index (χ0n) is 9.90. The molecular weight excluding hydrogens is 320 g/mol. The summed E-state index contributed by atoms with van der Waals surface area (Å²) in [5, 5.41) is 0. The summed E-state index contributed by atoms with van der Waals surface area (Å²) in [5.41, 5.74) is 6.71. The lowest BCUT2D eigenvalue weighted by Gasteiger charge is -2.11. The van der Waals surface area contributed by atoms with Crippen molar-refractivity contribution in [3.8, 4) is 17.1 Å². The number of ether oxygens (including phenoxy) is 1. The van der Waals surface area contributed by atoms with Crippen LogP contribution in [0.3, 0.4) is 0 Å². The monoisotopic (exact) mass is 329 g/mol. The van der Waals surface area contributed by atoms with E-state index in [2.05, 4.69) is 30.6 Å². The van der Waals surface area contributed by atoms with Crippen molar-refractivity contribution in [2.75, 3.05) is 5.73 Å². The van der Waals surface area contributed by atoms with E-state index in [1.807, 2.05) is 0 Å². The number of aryl methyl sites for hydroxylation is 1. The third-order valence-corrected chi connectivity index (χ3v) is 3.37. The van der Waals surface area contributed by atoms with E-state index >= 15 is 0 Å². The predicted octanol–water partition coefficient (Wildman–Crippen LogP) is 3.40. The summed E-state index contributed by atoms with van der Waals surface area (Å²) in [6.07, 6.45) is 0. The van der Waals surface area contributed by atoms with Crippen molar-refractivity contribution in [3.63, 3.8) is 0 Å². The Hall–Kier alpha value is -1.76. The van der Waals surface area contributed by atoms with Gasteiger partial charge in [0, 0.05) is 0 Å². The van der Waals surface area contributed by atoms with E-state index in [1.54, 1.807) is 25.1 Å². The maximum absolute atomic E-state index is 12.3. The summed E-state index contributed by atoms with van der Waals surface area (Å²) in [5.74, 6) is 0.502. The number of nitrogens with two attached hydrogens (primary N) is 1. The first-order valence-electron chi connectivity index (χ1n) is 5.33. The Morgan fingerprint density at radius 2 is 1.95 bits per heavy atom. The summed E-state index contributed by atoms with van der Waals surface area (Å²) in [6, 6.07) is 6.30. The minimum atomic E-state index is -2.91. The fourth-order valence-corrected chi connectivity index (χ4v) is 1.73. The quantitative estimate of drug-likeness (QED) is 0.937. The molecule has 0 fully saturated rings. The van der Waals surface area contributed by atoms with Gasteiger partial charge in [-0.15, -0.1) is 0 Å². The third kappa shape index (κ3) is 2.98. The lowest BCUT2D eigenvalue weighted by molar-refractivity contribution is -0.0494. The number of alkyl halides is 2. The molecule has 100 valence electrons. The number of aromatic nitrogens is 2. The van der Waals surface area contributed by atoms with Crippen molar-refractivity contribution in [2.24, 2.45) is 0 Å². The Balaban J connectivity index is 2.53. The van der Waals surface area contributed by atoms with Gasteiger partial charge in [0.1, 0.15) is 11.6 Å². The van der Waals surface area contributed by atoms with Gasteiger partial charge < -0.3 is 10.5 Å². The third-order valence-electron chi connectivity index (χ3n) is 2.39. The summed E-state index contributed by atoms with van der Waals surface area (Å²) in [7, 11) is 0. The van der Waals surface area contributed by atoms with Crippen LogP contribution < -0.4 is 10.5 Å². The molecule has 19 heavy (non-hydrogen) atoms. The van der Waals surface area contributed by atoms with Gasteiger partial charge in [-0.3, -0.25) is 0 Å². The summed E-state index contributed by atoms with van der Waals surface area (Å²) >= 11 is 3.24. The van der Waals surface area contributed by atoms with Gasteiger partial charge in [-0.2, -0.15) is 8.78 Å². The number of para-hydroxylation sites is 1. The Kier molecular flexibility index (Phi) is 3.94. The van der Waals surface area contributed by atoms with Crippen LogP contribution in [0.25, 0.3) is 11.4 Å². The minimum absolute atomic E-state index is 0.0126. The molecule has 0 aliphatic rings. The van der Waals surface area contributed by atoms with E-state index in [0.717, 1.165) is 0 Å². The van der Waals surface area contributed by atoms with E-state index in [-0.39, 0.29) is 17.4 Å². The molecule has 2 N–H and O–H groups in total. The standard InChI is InChI=1S/C12H10BrF2N3O/c1-6-9(13)10(16)18-11(17-6)7-4-2-3-5-8(7)19-12(14)15/h2-5,12H,1H3,(H2,16,17,18). The molecule has 0 amide bonds. The normalized spacial score (nSPS) is 10.8. The van der Waals surface area contributed by atoms with Gasteiger partial charge in [0.05, 0.1) is 15.7 Å². The molecule has 0 spiro atoms. The van der Waals surface area contributed by atoms with Gasteiger partial charge in [0.15, 0.2) is 5.82 Å². The second-order valence-corrected chi connectivity index (χ2v) is 4.50. The molecular formula is C12H10BrF2N3O. The van der Waals surface area contributed by atoms with Crippen molar-refractivity contribution in [3.05, 3.63) is 34.4 Å². The highest BCUT2D eigenvalue weighted by atomic mass is 79.9. The number of hydrogen-bond donors (Lipinski definition) is 1. The Labute approximate surface area is 116 Å². The molecule has 2 aromatic rings. The lowest BCUT2D eigenvalue weighted by Crippen LogP contribution is -2.05. The van der Waals surface area contributed by atoms with Crippen molar-refractivity contribution in [1.82, 2.24) is 9.97 Å². The first kappa shape index (κ1) is 13.7. The van der Waals surface area contributed by atoms with E-state index in [9.17, 15) is 8.78 Å². The summed E-state index contributed by atoms with van der Waals surface area (Å²) in [4.78, 5) is 8.28. The highest BCUT2D eigenvalue weighted by Crippen LogP contribution is 2.31. The zero-order chi connectivity index (χ0) is 14.0. The first-order valence-corrected chi connectivity index (χ1v) is 6.12. The Morgan fingerprint density at radius 3 is 2.58 bits per heavy atom. The second kappa shape index (κ2) is 5.48. The molecule has 0 radical (unpaired) electrons. The molecule has 2 rings (SSSR count). The van der Waals surface area contributed by atoms with Gasteiger partial charge in [-0.25, -0.2) is 9.97 Å². The van der Waals surface area contributed by atoms with Crippen molar-refractivity contribution in [1.29, 1.82) is 0 Å². The SMILES string of the molecule is Cc1nc(-c2ccccc2OC(F)F)nc(N)c1Br. The van der Waals surface area contributed by atoms with Crippen LogP contribution in [0, 0.1) is 6.92 Å². The topological polar surface area (TPSA) is 61.0 Å². The first-order chi connectivity index (χ1) is 8.99. The fraction of sp³-hybridized carbons (Fsp3) is 0.167. The highest BCUT2D eigenvalue weighted by molar-refractivity contribution is 9.10. The lowest BCUT2D eigenvalue weighted by atomic mass is 10.2. The summed E-state index contributed by atoms with van der Waals surface area (Å²) in [6.45, 7) is -1.17. The second-order valence-electron chi connectivity index (χ2n) is 3.71. The van der Waals surface area contributed by atoms with Crippen LogP contribution in [0.2, 0.25) is 0 Å². The number of rotatable bonds is 3. The van der Waals surface area contributed by atoms with Crippen LogP contribution in [-0.4, -0.2) is 16.6 Å². The maximum atomic E-state index is 12.3. The Bertz CT molecular complexity index is 584. The smallest absolute Gasteiger partial charge is 0.387 e. The molecule has 7 heteroatoms. The van der Waals surface area contributed by atoms with Gasteiger partial charge in [0.2, 0.25) is 0 Å². The molecule has 0 saturated heterocycles. The van der Waals surface area contributed by atoms with Gasteiger partial charge in [-0.05, 0) is 35.0 Å². The molecule has 0 atom stereocenters. The molecule has 1 aromatic heterocycles. The van der Waals surface area contributed by atoms with E-state index in [0.29, 0.717) is 15.7 Å². The van der Waals surface area contributed by atoms with Crippen LogP contribution in [0.15, 0.2) is 28.7 Å². The van der Waals surface area contributed by atoms with E-state index in [4.69, 9.17) is 5.73 Å². The molecule has 0 aliphatic carbocycles. The number of hydrogen-bond acceptors (Lipinski definition) is 4. The Morgan fingerprint density at radius 1 is 1.26 bits per heavy atom. The van der Waals surface area contributed by atoms with Crippen LogP contribution in [0.4, 0.5) is 14.6 Å². The fourth-order valence-electron chi connectivity index (χ4n) is 1.55. The van der Waals surface area contributed by atoms with Gasteiger partial charge in [-0.1, -0.05) is 12.1 Å². The highest BCUT2D eigenvalue weighted by Gasteiger charge is 2.15. The van der Waals surface area contributed by atoms with Crippen LogP contribution >= 0.6 is 15.9 Å². The molecule has 0 saturated carbocycles. The van der Waals surface area contributed by atoms with Gasteiger partial charge in [0.25, 0.3) is 0 Å². The average Bonchev–Trinajstić information content (AvgIpc) is 2.35. The van der Waals surface area contributed by atoms with Crippen molar-refractivity contribution in [2.45, 2.75) is 13.5 Å². The molecule has 1 aromatic carbocycles. The molecule has 4 nitrogen and oxygen atoms in total. The van der Waals surface area contributed by atoms with Crippen LogP contribution in [-0.2, 0) is 0 Å². The largest absolute Gasteiger partial charge is 0.434 e. The molecule has 0 bridgehead atoms. The van der Waals surface area contributed by atoms with Gasteiger partial charge >= 0.3 is 6.61 Å². The van der Waals surface area contributed by atoms with Crippen LogP contribution in [0.1, 0.15) is 5.69 Å². The number of benzene rings is 1. The zero-order valence-corrected chi connectivity index (χ0v) is 11.5. The number of halogens is 3. The number of nitrogens with zero attached hydrogens (tertiary/aromatic N) is 2. The molecule has 0 unspecified atom stereocenters. The summed E-state index contributed by atoms with van der Waals surface area (Å²) < 4.78 is 29.7. The van der Waals surface area contributed by atoms with E-state index in [1.165, 1.54) is 6.07 Å². The number of nitrogen functional groups attached to an aromatic ring is 1. The average molecular weight is 330 g/mol. The maximum Gasteiger partial charge on any atom is 0.387 e. The van der Waals surface area contributed by atoms with Crippen LogP contribution in [0.5, 0.6) is 5.75 Å². The van der Waals surface area contributed by atoms with Crippen molar-refractivity contribution < 1.29 is 13.5 Å². The van der Waals surface area contributed by atoms with E-state index < -0.39 is 6.61 Å². The minimum Gasteiger partial charge on any atom is -0.434 e. The molecule has 0 aliphatic heterocycles. The predicted molar refractivity (Wildman–Crippen MR) is 70.9 cm³/mol. The van der Waals surface area contributed by atoms with Crippen molar-refractivity contribution >= 4 is 21.7 Å². The number of anilines is 1. The molecule has 1 heterocycles.